The number of nitrogens with zero attached hydrogens (tertiary/aromatic N) is 3. The molecule has 0 aliphatic carbocycles. The van der Waals surface area contributed by atoms with Gasteiger partial charge in [0, 0.05) is 26.2 Å². The van der Waals surface area contributed by atoms with E-state index in [9.17, 15) is 5.11 Å². The zero-order chi connectivity index (χ0) is 12.3. The Morgan fingerprint density at radius 1 is 1.53 bits per heavy atom. The van der Waals surface area contributed by atoms with E-state index in [2.05, 4.69) is 20.2 Å². The Balaban J connectivity index is 2.14. The first kappa shape index (κ1) is 12.1. The van der Waals surface area contributed by atoms with Crippen LogP contribution in [-0.4, -0.2) is 54.0 Å². The van der Waals surface area contributed by atoms with Gasteiger partial charge in [-0.3, -0.25) is 0 Å². The highest BCUT2D eigenvalue weighted by Gasteiger charge is 2.25. The number of hydrogen-bond donors (Lipinski definition) is 2. The maximum absolute atomic E-state index is 9.18. The van der Waals surface area contributed by atoms with Gasteiger partial charge >= 0.3 is 0 Å². The molecule has 0 saturated carbocycles. The van der Waals surface area contributed by atoms with Crippen LogP contribution in [0.3, 0.4) is 0 Å². The average Bonchev–Trinajstić information content (AvgIpc) is 2.38. The first-order valence-corrected chi connectivity index (χ1v) is 5.74. The van der Waals surface area contributed by atoms with Crippen LogP contribution in [0.1, 0.15) is 6.92 Å². The van der Waals surface area contributed by atoms with Gasteiger partial charge in [0.15, 0.2) is 0 Å². The lowest BCUT2D eigenvalue weighted by Gasteiger charge is -2.36. The smallest absolute Gasteiger partial charge is 0.134 e. The second kappa shape index (κ2) is 5.29. The molecule has 2 N–H and O–H groups in total. The Kier molecular flexibility index (Phi) is 3.75. The Hall–Kier alpha value is -1.40. The summed E-state index contributed by atoms with van der Waals surface area (Å²) >= 11 is 0. The molecule has 6 nitrogen and oxygen atoms in total. The van der Waals surface area contributed by atoms with Crippen molar-refractivity contribution >= 4 is 11.6 Å². The molecule has 94 valence electrons. The van der Waals surface area contributed by atoms with Crippen LogP contribution in [-0.2, 0) is 4.74 Å². The number of aromatic nitrogens is 2. The number of anilines is 2. The molecule has 1 aliphatic rings. The van der Waals surface area contributed by atoms with Gasteiger partial charge in [-0.1, -0.05) is 0 Å². The van der Waals surface area contributed by atoms with Crippen LogP contribution < -0.4 is 10.2 Å². The fourth-order valence-electron chi connectivity index (χ4n) is 1.99. The Morgan fingerprint density at radius 2 is 2.35 bits per heavy atom. The lowest BCUT2D eigenvalue weighted by atomic mass is 10.2. The fourth-order valence-corrected chi connectivity index (χ4v) is 1.99. The highest BCUT2D eigenvalue weighted by Crippen LogP contribution is 2.19. The standard InChI is InChI=1S/C11H18N4O2/c1-8-4-15(5-9(6-16)17-8)11-3-10(12-2)13-7-14-11/h3,7-9,16H,4-6H2,1-2H3,(H,12,13,14). The van der Waals surface area contributed by atoms with E-state index in [1.165, 1.54) is 6.33 Å². The molecule has 1 fully saturated rings. The molecule has 6 heteroatoms. The van der Waals surface area contributed by atoms with E-state index in [-0.39, 0.29) is 18.8 Å². The largest absolute Gasteiger partial charge is 0.394 e. The average molecular weight is 238 g/mol. The van der Waals surface area contributed by atoms with E-state index < -0.39 is 0 Å². The third kappa shape index (κ3) is 2.83. The minimum Gasteiger partial charge on any atom is -0.394 e. The first-order valence-electron chi connectivity index (χ1n) is 5.74. The zero-order valence-corrected chi connectivity index (χ0v) is 10.1. The molecular formula is C11H18N4O2. The van der Waals surface area contributed by atoms with Crippen molar-refractivity contribution in [1.29, 1.82) is 0 Å². The van der Waals surface area contributed by atoms with Crippen LogP contribution in [0, 0.1) is 0 Å². The molecule has 2 rings (SSSR count). The summed E-state index contributed by atoms with van der Waals surface area (Å²) in [6, 6.07) is 1.90. The van der Waals surface area contributed by atoms with E-state index >= 15 is 0 Å². The van der Waals surface area contributed by atoms with Crippen molar-refractivity contribution in [2.24, 2.45) is 0 Å². The maximum Gasteiger partial charge on any atom is 0.134 e. The van der Waals surface area contributed by atoms with Crippen molar-refractivity contribution in [3.63, 3.8) is 0 Å². The predicted molar refractivity (Wildman–Crippen MR) is 65.2 cm³/mol. The number of hydrogen-bond acceptors (Lipinski definition) is 6. The predicted octanol–water partition coefficient (Wildman–Crippen LogP) is 0.104. The van der Waals surface area contributed by atoms with Gasteiger partial charge in [0.05, 0.1) is 18.8 Å². The topological polar surface area (TPSA) is 70.5 Å². The van der Waals surface area contributed by atoms with Gasteiger partial charge in [-0.2, -0.15) is 0 Å². The minimum atomic E-state index is -0.147. The van der Waals surface area contributed by atoms with Gasteiger partial charge in [-0.05, 0) is 6.92 Å². The summed E-state index contributed by atoms with van der Waals surface area (Å²) in [5.41, 5.74) is 0. The molecular weight excluding hydrogens is 220 g/mol. The third-order valence-corrected chi connectivity index (χ3v) is 2.76. The number of ether oxygens (including phenoxy) is 1. The van der Waals surface area contributed by atoms with Gasteiger partial charge in [-0.25, -0.2) is 9.97 Å². The van der Waals surface area contributed by atoms with Crippen LogP contribution in [0.5, 0.6) is 0 Å². The molecule has 17 heavy (non-hydrogen) atoms. The molecule has 2 atom stereocenters. The summed E-state index contributed by atoms with van der Waals surface area (Å²) in [6.45, 7) is 3.46. The lowest BCUT2D eigenvalue weighted by molar-refractivity contribution is -0.0423. The summed E-state index contributed by atoms with van der Waals surface area (Å²) < 4.78 is 5.59. The van der Waals surface area contributed by atoms with Crippen molar-refractivity contribution in [1.82, 2.24) is 9.97 Å². The SMILES string of the molecule is CNc1cc(N2CC(C)OC(CO)C2)ncn1. The number of rotatable bonds is 3. The van der Waals surface area contributed by atoms with Crippen LogP contribution in [0.25, 0.3) is 0 Å². The zero-order valence-electron chi connectivity index (χ0n) is 10.1. The third-order valence-electron chi connectivity index (χ3n) is 2.76. The van der Waals surface area contributed by atoms with Gasteiger partial charge in [0.2, 0.25) is 0 Å². The van der Waals surface area contributed by atoms with E-state index in [4.69, 9.17) is 4.74 Å². The van der Waals surface area contributed by atoms with Crippen LogP contribution in [0.2, 0.25) is 0 Å². The number of morpholine rings is 1. The highest BCUT2D eigenvalue weighted by molar-refractivity contribution is 5.48. The highest BCUT2D eigenvalue weighted by atomic mass is 16.5. The molecule has 2 heterocycles. The lowest BCUT2D eigenvalue weighted by Crippen LogP contribution is -2.48. The van der Waals surface area contributed by atoms with Gasteiger partial charge in [0.1, 0.15) is 18.0 Å². The van der Waals surface area contributed by atoms with E-state index in [0.717, 1.165) is 18.2 Å². The molecule has 1 aromatic rings. The molecule has 1 saturated heterocycles. The van der Waals surface area contributed by atoms with Gasteiger partial charge in [-0.15, -0.1) is 0 Å². The number of aliphatic hydroxyl groups is 1. The van der Waals surface area contributed by atoms with Crippen molar-refractivity contribution in [3.8, 4) is 0 Å². The molecule has 0 bridgehead atoms. The van der Waals surface area contributed by atoms with E-state index in [1.807, 2.05) is 20.0 Å². The second-order valence-corrected chi connectivity index (χ2v) is 4.17. The number of nitrogens with one attached hydrogen (secondary N) is 1. The van der Waals surface area contributed by atoms with Gasteiger partial charge < -0.3 is 20.1 Å². The van der Waals surface area contributed by atoms with Crippen molar-refractivity contribution in [3.05, 3.63) is 12.4 Å². The molecule has 0 amide bonds. The maximum atomic E-state index is 9.18. The fraction of sp³-hybridized carbons (Fsp3) is 0.636. The van der Waals surface area contributed by atoms with Crippen molar-refractivity contribution < 1.29 is 9.84 Å². The summed E-state index contributed by atoms with van der Waals surface area (Å²) in [5, 5.41) is 12.2. The van der Waals surface area contributed by atoms with Crippen molar-refractivity contribution in [2.75, 3.05) is 37.0 Å². The summed E-state index contributed by atoms with van der Waals surface area (Å²) in [4.78, 5) is 10.4. The van der Waals surface area contributed by atoms with Crippen LogP contribution in [0.4, 0.5) is 11.6 Å². The molecule has 2 unspecified atom stereocenters. The molecule has 1 aromatic heterocycles. The quantitative estimate of drug-likeness (QED) is 0.778. The Labute approximate surface area is 101 Å². The molecule has 0 radical (unpaired) electrons. The Morgan fingerprint density at radius 3 is 3.06 bits per heavy atom. The summed E-state index contributed by atoms with van der Waals surface area (Å²) in [7, 11) is 1.82. The monoisotopic (exact) mass is 238 g/mol. The second-order valence-electron chi connectivity index (χ2n) is 4.17. The van der Waals surface area contributed by atoms with E-state index in [1.54, 1.807) is 0 Å². The minimum absolute atomic E-state index is 0.0325. The first-order chi connectivity index (χ1) is 8.22. The summed E-state index contributed by atoms with van der Waals surface area (Å²) in [5.74, 6) is 1.65. The molecule has 1 aliphatic heterocycles. The molecule has 0 aromatic carbocycles. The van der Waals surface area contributed by atoms with Gasteiger partial charge in [0.25, 0.3) is 0 Å². The molecule has 0 spiro atoms. The normalized spacial score (nSPS) is 24.8. The summed E-state index contributed by atoms with van der Waals surface area (Å²) in [6.07, 6.45) is 1.48. The van der Waals surface area contributed by atoms with Crippen molar-refractivity contribution in [2.45, 2.75) is 19.1 Å². The van der Waals surface area contributed by atoms with Crippen LogP contribution in [0.15, 0.2) is 12.4 Å². The Bertz CT molecular complexity index is 374. The number of aliphatic hydroxyl groups excluding tert-OH is 1. The van der Waals surface area contributed by atoms with Crippen LogP contribution >= 0.6 is 0 Å². The van der Waals surface area contributed by atoms with E-state index in [0.29, 0.717) is 6.54 Å².